The minimum atomic E-state index is -1.16. The van der Waals surface area contributed by atoms with Crippen molar-refractivity contribution in [3.63, 3.8) is 0 Å². The standard InChI is InChI=1S/C23H39N9O5/c1-13(2)9-18(22(36)37)32-21(35)17(10-14-11-26-12-29-14)31-20(34)16(6-4-8-28-23(24)25)30-19(33)15-5-3-7-27-15/h11-13,15-18,27H,3-10H2,1-2H3,(H,26,29)(H,30,33)(H,31,34)(H,32,35)(H,36,37)(H4,24,25,28). The summed E-state index contributed by atoms with van der Waals surface area (Å²) in [4.78, 5) is 61.6. The quantitative estimate of drug-likeness (QED) is 0.0749. The first-order valence-corrected chi connectivity index (χ1v) is 12.5. The van der Waals surface area contributed by atoms with Gasteiger partial charge in [-0.15, -0.1) is 0 Å². The van der Waals surface area contributed by atoms with Gasteiger partial charge in [0.25, 0.3) is 0 Å². The minimum absolute atomic E-state index is 0.0241. The van der Waals surface area contributed by atoms with E-state index in [1.807, 2.05) is 13.8 Å². The van der Waals surface area contributed by atoms with Crippen LogP contribution in [0.3, 0.4) is 0 Å². The summed E-state index contributed by atoms with van der Waals surface area (Å²) in [6, 6.07) is -3.57. The zero-order chi connectivity index (χ0) is 27.4. The number of imidazole rings is 1. The Balaban J connectivity index is 2.17. The van der Waals surface area contributed by atoms with E-state index in [1.54, 1.807) is 0 Å². The highest BCUT2D eigenvalue weighted by Gasteiger charge is 2.31. The number of nitrogens with zero attached hydrogens (tertiary/aromatic N) is 2. The maximum Gasteiger partial charge on any atom is 0.326 e. The third-order valence-electron chi connectivity index (χ3n) is 5.89. The van der Waals surface area contributed by atoms with Gasteiger partial charge in [-0.2, -0.15) is 0 Å². The maximum absolute atomic E-state index is 13.3. The number of carboxylic acids is 1. The molecule has 10 N–H and O–H groups in total. The van der Waals surface area contributed by atoms with Crippen LogP contribution in [0.25, 0.3) is 0 Å². The third kappa shape index (κ3) is 10.5. The van der Waals surface area contributed by atoms with Gasteiger partial charge in [0.2, 0.25) is 17.7 Å². The fourth-order valence-corrected chi connectivity index (χ4v) is 4.02. The number of aliphatic imine (C=N–C) groups is 1. The summed E-state index contributed by atoms with van der Waals surface area (Å²) in [7, 11) is 0. The first-order valence-electron chi connectivity index (χ1n) is 12.5. The first-order chi connectivity index (χ1) is 17.6. The molecule has 4 atom stereocenters. The predicted molar refractivity (Wildman–Crippen MR) is 136 cm³/mol. The number of hydrogen-bond donors (Lipinski definition) is 8. The molecule has 0 bridgehead atoms. The average Bonchev–Trinajstić information content (AvgIpc) is 3.54. The smallest absolute Gasteiger partial charge is 0.326 e. The largest absolute Gasteiger partial charge is 0.480 e. The summed E-state index contributed by atoms with van der Waals surface area (Å²) < 4.78 is 0. The molecule has 1 fully saturated rings. The van der Waals surface area contributed by atoms with Crippen molar-refractivity contribution in [1.29, 1.82) is 0 Å². The second kappa shape index (κ2) is 14.8. The summed E-state index contributed by atoms with van der Waals surface area (Å²) in [5.41, 5.74) is 11.3. The van der Waals surface area contributed by atoms with Gasteiger partial charge in [-0.1, -0.05) is 13.8 Å². The van der Waals surface area contributed by atoms with E-state index in [9.17, 15) is 24.3 Å². The number of H-pyrrole nitrogens is 1. The van der Waals surface area contributed by atoms with Crippen molar-refractivity contribution < 1.29 is 24.3 Å². The normalized spacial score (nSPS) is 17.4. The van der Waals surface area contributed by atoms with E-state index in [0.717, 1.165) is 6.42 Å². The van der Waals surface area contributed by atoms with E-state index >= 15 is 0 Å². The van der Waals surface area contributed by atoms with Gasteiger partial charge in [0.05, 0.1) is 12.4 Å². The monoisotopic (exact) mass is 521 g/mol. The van der Waals surface area contributed by atoms with Crippen LogP contribution in [0, 0.1) is 5.92 Å². The Hall–Kier alpha value is -3.68. The van der Waals surface area contributed by atoms with Gasteiger partial charge in [0.15, 0.2) is 5.96 Å². The molecule has 14 heteroatoms. The third-order valence-corrected chi connectivity index (χ3v) is 5.89. The van der Waals surface area contributed by atoms with Crippen LogP contribution in [0.15, 0.2) is 17.5 Å². The molecule has 4 unspecified atom stereocenters. The molecular weight excluding hydrogens is 482 g/mol. The van der Waals surface area contributed by atoms with Crippen molar-refractivity contribution in [2.24, 2.45) is 22.4 Å². The van der Waals surface area contributed by atoms with Crippen molar-refractivity contribution >= 4 is 29.7 Å². The molecule has 1 aliphatic heterocycles. The number of carboxylic acid groups (broad SMARTS) is 1. The molecule has 2 heterocycles. The van der Waals surface area contributed by atoms with Gasteiger partial charge in [-0.05, 0) is 44.6 Å². The van der Waals surface area contributed by atoms with Crippen molar-refractivity contribution in [3.8, 4) is 0 Å². The van der Waals surface area contributed by atoms with Crippen molar-refractivity contribution in [2.45, 2.75) is 76.5 Å². The lowest BCUT2D eigenvalue weighted by Gasteiger charge is -2.25. The van der Waals surface area contributed by atoms with E-state index in [2.05, 4.69) is 36.2 Å². The van der Waals surface area contributed by atoms with Crippen molar-refractivity contribution in [3.05, 3.63) is 18.2 Å². The van der Waals surface area contributed by atoms with Crippen LogP contribution in [-0.2, 0) is 25.6 Å². The van der Waals surface area contributed by atoms with Crippen LogP contribution in [-0.4, -0.2) is 82.0 Å². The number of nitrogens with two attached hydrogens (primary N) is 2. The SMILES string of the molecule is CC(C)CC(NC(=O)C(Cc1cnc[nH]1)NC(=O)C(CCCN=C(N)N)NC(=O)C1CCCN1)C(=O)O. The van der Waals surface area contributed by atoms with Gasteiger partial charge in [0, 0.05) is 24.9 Å². The van der Waals surface area contributed by atoms with Gasteiger partial charge in [-0.3, -0.25) is 19.4 Å². The Morgan fingerprint density at radius 3 is 2.41 bits per heavy atom. The number of aromatic amines is 1. The minimum Gasteiger partial charge on any atom is -0.480 e. The van der Waals surface area contributed by atoms with Crippen molar-refractivity contribution in [2.75, 3.05) is 13.1 Å². The highest BCUT2D eigenvalue weighted by atomic mass is 16.4. The molecule has 0 aliphatic carbocycles. The number of hydrogen-bond acceptors (Lipinski definition) is 7. The van der Waals surface area contributed by atoms with Gasteiger partial charge in [-0.25, -0.2) is 9.78 Å². The zero-order valence-corrected chi connectivity index (χ0v) is 21.3. The second-order valence-electron chi connectivity index (χ2n) is 9.53. The van der Waals surface area contributed by atoms with E-state index in [1.165, 1.54) is 12.5 Å². The number of amides is 3. The van der Waals surface area contributed by atoms with Crippen LogP contribution in [0.2, 0.25) is 0 Å². The fraction of sp³-hybridized carbons (Fsp3) is 0.652. The Morgan fingerprint density at radius 1 is 1.14 bits per heavy atom. The molecule has 14 nitrogen and oxygen atoms in total. The van der Waals surface area contributed by atoms with Gasteiger partial charge < -0.3 is 42.8 Å². The summed E-state index contributed by atoms with van der Waals surface area (Å²) in [5.74, 6) is -2.76. The van der Waals surface area contributed by atoms with Crippen LogP contribution in [0.5, 0.6) is 0 Å². The van der Waals surface area contributed by atoms with Crippen LogP contribution in [0.4, 0.5) is 0 Å². The second-order valence-corrected chi connectivity index (χ2v) is 9.53. The molecule has 0 aromatic carbocycles. The Kier molecular flexibility index (Phi) is 11.8. The molecule has 2 rings (SSSR count). The molecular formula is C23H39N9O5. The number of guanidine groups is 1. The highest BCUT2D eigenvalue weighted by molar-refractivity contribution is 5.94. The fourth-order valence-electron chi connectivity index (χ4n) is 4.02. The predicted octanol–water partition coefficient (Wildman–Crippen LogP) is -1.66. The first kappa shape index (κ1) is 29.5. The Bertz CT molecular complexity index is 925. The molecule has 1 saturated heterocycles. The molecule has 0 radical (unpaired) electrons. The molecule has 1 aliphatic rings. The van der Waals surface area contributed by atoms with Gasteiger partial charge in [0.1, 0.15) is 18.1 Å². The Morgan fingerprint density at radius 2 is 1.84 bits per heavy atom. The van der Waals surface area contributed by atoms with E-state index < -0.39 is 42.0 Å². The lowest BCUT2D eigenvalue weighted by molar-refractivity contribution is -0.142. The van der Waals surface area contributed by atoms with E-state index in [-0.39, 0.29) is 43.6 Å². The maximum atomic E-state index is 13.3. The average molecular weight is 522 g/mol. The summed E-state index contributed by atoms with van der Waals surface area (Å²) >= 11 is 0. The number of carbonyl (C=O) groups excluding carboxylic acids is 3. The molecule has 1 aromatic heterocycles. The number of carbonyl (C=O) groups is 4. The summed E-state index contributed by atoms with van der Waals surface area (Å²) in [6.45, 7) is 4.67. The molecule has 0 spiro atoms. The summed E-state index contributed by atoms with van der Waals surface area (Å²) in [5, 5.41) is 20.6. The number of aliphatic carboxylic acids is 1. The number of rotatable bonds is 15. The van der Waals surface area contributed by atoms with E-state index in [0.29, 0.717) is 25.1 Å². The number of nitrogens with one attached hydrogen (secondary N) is 5. The van der Waals surface area contributed by atoms with Crippen LogP contribution >= 0.6 is 0 Å². The molecule has 37 heavy (non-hydrogen) atoms. The Labute approximate surface area is 215 Å². The van der Waals surface area contributed by atoms with Gasteiger partial charge >= 0.3 is 5.97 Å². The van der Waals surface area contributed by atoms with E-state index in [4.69, 9.17) is 11.5 Å². The molecule has 0 saturated carbocycles. The van der Waals surface area contributed by atoms with Crippen molar-refractivity contribution in [1.82, 2.24) is 31.2 Å². The lowest BCUT2D eigenvalue weighted by atomic mass is 10.0. The zero-order valence-electron chi connectivity index (χ0n) is 21.3. The summed E-state index contributed by atoms with van der Waals surface area (Å²) in [6.07, 6.45) is 5.36. The number of aromatic nitrogens is 2. The highest BCUT2D eigenvalue weighted by Crippen LogP contribution is 2.09. The molecule has 1 aromatic rings. The lowest BCUT2D eigenvalue weighted by Crippen LogP contribution is -2.57. The molecule has 3 amide bonds. The van der Waals surface area contributed by atoms with Crippen LogP contribution in [0.1, 0.15) is 51.6 Å². The molecule has 206 valence electrons. The topological polar surface area (TPSA) is 230 Å². The van der Waals surface area contributed by atoms with Crippen LogP contribution < -0.4 is 32.7 Å².